The summed E-state index contributed by atoms with van der Waals surface area (Å²) in [4.78, 5) is 16.7. The Balaban J connectivity index is 1.71. The molecule has 1 atom stereocenters. The average molecular weight is 452 g/mol. The van der Waals surface area contributed by atoms with Crippen LogP contribution in [0.5, 0.6) is 0 Å². The zero-order valence-electron chi connectivity index (χ0n) is 16.1. The van der Waals surface area contributed by atoms with E-state index in [0.29, 0.717) is 17.7 Å². The van der Waals surface area contributed by atoms with Crippen LogP contribution < -0.4 is 10.0 Å². The van der Waals surface area contributed by atoms with Gasteiger partial charge in [0.2, 0.25) is 10.0 Å². The standard InChI is InChI=1S/C20H19F2N3O3S2/c1-3-12(2)25-30(27,28)15-7-4-13(5-8-15)19(26)24-20-23-18(11-29-20)14-6-9-16(21)17(22)10-14/h4-12,25H,3H2,1-2H3,(H,23,24,26). The monoisotopic (exact) mass is 451 g/mol. The Morgan fingerprint density at radius 3 is 2.47 bits per heavy atom. The molecule has 3 rings (SSSR count). The number of aromatic nitrogens is 1. The Labute approximate surface area is 177 Å². The smallest absolute Gasteiger partial charge is 0.257 e. The minimum Gasteiger partial charge on any atom is -0.298 e. The second-order valence-electron chi connectivity index (χ2n) is 6.58. The average Bonchev–Trinajstić information content (AvgIpc) is 3.18. The molecule has 1 heterocycles. The van der Waals surface area contributed by atoms with Crippen molar-refractivity contribution in [3.63, 3.8) is 0 Å². The number of carbonyl (C=O) groups is 1. The number of carbonyl (C=O) groups excluding carboxylic acids is 1. The summed E-state index contributed by atoms with van der Waals surface area (Å²) in [5, 5.41) is 4.49. The van der Waals surface area contributed by atoms with E-state index in [1.54, 1.807) is 12.3 Å². The lowest BCUT2D eigenvalue weighted by Crippen LogP contribution is -2.32. The molecular weight excluding hydrogens is 432 g/mol. The van der Waals surface area contributed by atoms with Gasteiger partial charge in [-0.2, -0.15) is 0 Å². The zero-order chi connectivity index (χ0) is 21.9. The first kappa shape index (κ1) is 22.0. The second-order valence-corrected chi connectivity index (χ2v) is 9.15. The first-order valence-electron chi connectivity index (χ1n) is 9.04. The quantitative estimate of drug-likeness (QED) is 0.557. The highest BCUT2D eigenvalue weighted by atomic mass is 32.2. The number of nitrogens with zero attached hydrogens (tertiary/aromatic N) is 1. The van der Waals surface area contributed by atoms with Gasteiger partial charge in [0.1, 0.15) is 0 Å². The van der Waals surface area contributed by atoms with Crippen molar-refractivity contribution in [1.29, 1.82) is 0 Å². The van der Waals surface area contributed by atoms with Gasteiger partial charge in [0.05, 0.1) is 10.6 Å². The Morgan fingerprint density at radius 1 is 1.13 bits per heavy atom. The summed E-state index contributed by atoms with van der Waals surface area (Å²) in [6.45, 7) is 3.64. The van der Waals surface area contributed by atoms with Crippen LogP contribution in [0.25, 0.3) is 11.3 Å². The van der Waals surface area contributed by atoms with Crippen molar-refractivity contribution >= 4 is 32.4 Å². The van der Waals surface area contributed by atoms with E-state index in [9.17, 15) is 22.0 Å². The third-order valence-electron chi connectivity index (χ3n) is 4.34. The highest BCUT2D eigenvalue weighted by Crippen LogP contribution is 2.26. The van der Waals surface area contributed by atoms with Crippen LogP contribution in [0.15, 0.2) is 52.7 Å². The lowest BCUT2D eigenvalue weighted by atomic mass is 10.2. The Hall–Kier alpha value is -2.69. The highest BCUT2D eigenvalue weighted by Gasteiger charge is 2.17. The molecule has 0 saturated heterocycles. The molecule has 158 valence electrons. The van der Waals surface area contributed by atoms with Crippen LogP contribution in [0, 0.1) is 11.6 Å². The molecular formula is C20H19F2N3O3S2. The van der Waals surface area contributed by atoms with E-state index in [2.05, 4.69) is 15.0 Å². The van der Waals surface area contributed by atoms with E-state index >= 15 is 0 Å². The van der Waals surface area contributed by atoms with E-state index < -0.39 is 27.6 Å². The Morgan fingerprint density at radius 2 is 1.83 bits per heavy atom. The molecule has 0 radical (unpaired) electrons. The van der Waals surface area contributed by atoms with E-state index in [0.717, 1.165) is 23.5 Å². The third kappa shape index (κ3) is 5.07. The van der Waals surface area contributed by atoms with Gasteiger partial charge in [0.25, 0.3) is 5.91 Å². The number of benzene rings is 2. The molecule has 0 bridgehead atoms. The first-order chi connectivity index (χ1) is 14.2. The highest BCUT2D eigenvalue weighted by molar-refractivity contribution is 7.89. The van der Waals surface area contributed by atoms with Gasteiger partial charge in [0.15, 0.2) is 16.8 Å². The molecule has 10 heteroatoms. The fraction of sp³-hybridized carbons (Fsp3) is 0.200. The predicted molar refractivity (Wildman–Crippen MR) is 112 cm³/mol. The maximum atomic E-state index is 13.4. The summed E-state index contributed by atoms with van der Waals surface area (Å²) in [5.74, 6) is -2.41. The first-order valence-corrected chi connectivity index (χ1v) is 11.4. The van der Waals surface area contributed by atoms with Crippen LogP contribution in [0.2, 0.25) is 0 Å². The molecule has 0 aliphatic carbocycles. The van der Waals surface area contributed by atoms with Gasteiger partial charge in [-0.25, -0.2) is 26.9 Å². The summed E-state index contributed by atoms with van der Waals surface area (Å²) in [6, 6.07) is 8.76. The van der Waals surface area contributed by atoms with Gasteiger partial charge in [-0.15, -0.1) is 11.3 Å². The lowest BCUT2D eigenvalue weighted by molar-refractivity contribution is 0.102. The van der Waals surface area contributed by atoms with Crippen LogP contribution in [0.1, 0.15) is 30.6 Å². The molecule has 30 heavy (non-hydrogen) atoms. The van der Waals surface area contributed by atoms with Crippen molar-refractivity contribution < 1.29 is 22.0 Å². The third-order valence-corrected chi connectivity index (χ3v) is 6.70. The van der Waals surface area contributed by atoms with Crippen molar-refractivity contribution in [2.45, 2.75) is 31.2 Å². The van der Waals surface area contributed by atoms with Gasteiger partial charge in [0, 0.05) is 22.5 Å². The maximum absolute atomic E-state index is 13.4. The number of rotatable bonds is 7. The summed E-state index contributed by atoms with van der Waals surface area (Å²) < 4.78 is 53.6. The number of sulfonamides is 1. The van der Waals surface area contributed by atoms with Crippen LogP contribution >= 0.6 is 11.3 Å². The maximum Gasteiger partial charge on any atom is 0.257 e. The molecule has 1 unspecified atom stereocenters. The molecule has 0 fully saturated rings. The number of amides is 1. The number of nitrogens with one attached hydrogen (secondary N) is 2. The Kier molecular flexibility index (Phi) is 6.59. The molecule has 0 saturated carbocycles. The van der Waals surface area contributed by atoms with Crippen molar-refractivity contribution in [2.75, 3.05) is 5.32 Å². The van der Waals surface area contributed by atoms with Crippen molar-refractivity contribution in [3.8, 4) is 11.3 Å². The van der Waals surface area contributed by atoms with Crippen LogP contribution in [0.3, 0.4) is 0 Å². The Bertz CT molecular complexity index is 1160. The number of halogens is 2. The predicted octanol–water partition coefficient (Wildman–Crippen LogP) is 4.42. The fourth-order valence-electron chi connectivity index (χ4n) is 2.49. The molecule has 0 aliphatic rings. The molecule has 6 nitrogen and oxygen atoms in total. The second kappa shape index (κ2) is 8.99. The van der Waals surface area contributed by atoms with E-state index in [1.807, 2.05) is 6.92 Å². The van der Waals surface area contributed by atoms with Gasteiger partial charge in [-0.05, 0) is 55.8 Å². The summed E-state index contributed by atoms with van der Waals surface area (Å²) in [7, 11) is -3.66. The van der Waals surface area contributed by atoms with Gasteiger partial charge in [-0.1, -0.05) is 6.92 Å². The van der Waals surface area contributed by atoms with E-state index in [1.165, 1.54) is 30.3 Å². The normalized spacial score (nSPS) is 12.5. The van der Waals surface area contributed by atoms with Crippen LogP contribution in [0.4, 0.5) is 13.9 Å². The molecule has 2 aromatic carbocycles. The summed E-state index contributed by atoms with van der Waals surface area (Å²) in [6.07, 6.45) is 0.653. The fourth-order valence-corrected chi connectivity index (χ4v) is 4.53. The molecule has 0 aliphatic heterocycles. The molecule has 1 aromatic heterocycles. The zero-order valence-corrected chi connectivity index (χ0v) is 17.8. The van der Waals surface area contributed by atoms with Crippen molar-refractivity contribution in [3.05, 3.63) is 65.0 Å². The van der Waals surface area contributed by atoms with Gasteiger partial charge in [-0.3, -0.25) is 10.1 Å². The van der Waals surface area contributed by atoms with E-state index in [4.69, 9.17) is 0 Å². The van der Waals surface area contributed by atoms with Gasteiger partial charge < -0.3 is 0 Å². The van der Waals surface area contributed by atoms with E-state index in [-0.39, 0.29) is 21.6 Å². The molecule has 3 aromatic rings. The minimum atomic E-state index is -3.66. The molecule has 2 N–H and O–H groups in total. The summed E-state index contributed by atoms with van der Waals surface area (Å²) >= 11 is 1.13. The molecule has 1 amide bonds. The number of anilines is 1. The number of hydrogen-bond donors (Lipinski definition) is 2. The minimum absolute atomic E-state index is 0.0641. The van der Waals surface area contributed by atoms with Crippen molar-refractivity contribution in [2.24, 2.45) is 0 Å². The topological polar surface area (TPSA) is 88.2 Å². The lowest BCUT2D eigenvalue weighted by Gasteiger charge is -2.12. The SMILES string of the molecule is CCC(C)NS(=O)(=O)c1ccc(C(=O)Nc2nc(-c3ccc(F)c(F)c3)cs2)cc1. The number of hydrogen-bond acceptors (Lipinski definition) is 5. The van der Waals surface area contributed by atoms with Gasteiger partial charge >= 0.3 is 0 Å². The van der Waals surface area contributed by atoms with Crippen molar-refractivity contribution in [1.82, 2.24) is 9.71 Å². The van der Waals surface area contributed by atoms with Crippen LogP contribution in [-0.2, 0) is 10.0 Å². The summed E-state index contributed by atoms with van der Waals surface area (Å²) in [5.41, 5.74) is 1.03. The largest absolute Gasteiger partial charge is 0.298 e. The molecule has 0 spiro atoms. The number of thiazole rings is 1. The van der Waals surface area contributed by atoms with Crippen LogP contribution in [-0.4, -0.2) is 25.4 Å².